The molecular weight excluding hydrogens is 436 g/mol. The zero-order valence-corrected chi connectivity index (χ0v) is 20.0. The lowest BCUT2D eigenvalue weighted by atomic mass is 9.78. The lowest BCUT2D eigenvalue weighted by Crippen LogP contribution is -2.45. The molecule has 1 amide bonds. The number of nitrogens with one attached hydrogen (secondary N) is 1. The number of ether oxygens (including phenoxy) is 1. The molecule has 1 saturated carbocycles. The molecule has 5 nitrogen and oxygen atoms in total. The van der Waals surface area contributed by atoms with E-state index in [2.05, 4.69) is 19.2 Å². The Hall–Kier alpha value is -2.92. The van der Waals surface area contributed by atoms with Gasteiger partial charge in [0.05, 0.1) is 16.8 Å². The van der Waals surface area contributed by atoms with E-state index in [4.69, 9.17) is 21.3 Å². The van der Waals surface area contributed by atoms with Crippen LogP contribution in [0, 0.1) is 18.8 Å². The molecule has 0 radical (unpaired) electrons. The summed E-state index contributed by atoms with van der Waals surface area (Å²) in [6.07, 6.45) is 3.25. The van der Waals surface area contributed by atoms with Gasteiger partial charge in [-0.25, -0.2) is 9.78 Å². The number of pyridine rings is 1. The fourth-order valence-corrected chi connectivity index (χ4v) is 4.91. The molecule has 0 saturated heterocycles. The van der Waals surface area contributed by atoms with E-state index in [1.54, 1.807) is 6.07 Å². The number of hydrogen-bond donors (Lipinski definition) is 1. The minimum absolute atomic E-state index is 0.123. The van der Waals surface area contributed by atoms with Crippen LogP contribution in [-0.4, -0.2) is 29.5 Å². The highest BCUT2D eigenvalue weighted by Crippen LogP contribution is 2.32. The van der Waals surface area contributed by atoms with Crippen molar-refractivity contribution in [3.05, 3.63) is 64.7 Å². The lowest BCUT2D eigenvalue weighted by molar-refractivity contribution is -0.125. The van der Waals surface area contributed by atoms with Crippen molar-refractivity contribution in [2.24, 2.45) is 11.8 Å². The predicted octanol–water partition coefficient (Wildman–Crippen LogP) is 5.96. The van der Waals surface area contributed by atoms with Gasteiger partial charge >= 0.3 is 5.97 Å². The van der Waals surface area contributed by atoms with Crippen LogP contribution in [0.25, 0.3) is 22.2 Å². The van der Waals surface area contributed by atoms with E-state index in [9.17, 15) is 9.59 Å². The Kier molecular flexibility index (Phi) is 6.99. The zero-order chi connectivity index (χ0) is 23.5. The number of amides is 1. The van der Waals surface area contributed by atoms with Crippen LogP contribution in [0.15, 0.2) is 48.5 Å². The Balaban J connectivity index is 1.57. The number of benzene rings is 2. The summed E-state index contributed by atoms with van der Waals surface area (Å²) in [5.41, 5.74) is 3.27. The highest BCUT2D eigenvalue weighted by atomic mass is 35.5. The lowest BCUT2D eigenvalue weighted by Gasteiger charge is -2.34. The van der Waals surface area contributed by atoms with Crippen LogP contribution in [-0.2, 0) is 9.53 Å². The van der Waals surface area contributed by atoms with Crippen LogP contribution in [0.1, 0.15) is 49.0 Å². The standard InChI is InChI=1S/C27H29ClN2O3/c1-16-8-6-13-22(17(16)2)29-24(31)15-33-27(32)25-18(3)26(19-9-7-10-20(28)14-19)30-23-12-5-4-11-21(23)25/h4-5,7,9-12,14,16-17,22H,6,8,13,15H2,1-3H3,(H,29,31)/t16-,17+,22+/m1/s1. The molecule has 0 bridgehead atoms. The van der Waals surface area contributed by atoms with Gasteiger partial charge in [-0.05, 0) is 48.9 Å². The minimum atomic E-state index is -0.533. The number of aromatic nitrogens is 1. The Morgan fingerprint density at radius 1 is 1.12 bits per heavy atom. The molecule has 1 aliphatic rings. The van der Waals surface area contributed by atoms with Crippen molar-refractivity contribution < 1.29 is 14.3 Å². The molecule has 3 atom stereocenters. The third-order valence-electron chi connectivity index (χ3n) is 6.83. The third-order valence-corrected chi connectivity index (χ3v) is 7.06. The molecule has 1 fully saturated rings. The molecule has 1 aromatic heterocycles. The van der Waals surface area contributed by atoms with E-state index in [1.165, 1.54) is 6.42 Å². The van der Waals surface area contributed by atoms with Gasteiger partial charge < -0.3 is 10.1 Å². The first-order valence-electron chi connectivity index (χ1n) is 11.5. The highest BCUT2D eigenvalue weighted by molar-refractivity contribution is 6.30. The summed E-state index contributed by atoms with van der Waals surface area (Å²) in [5, 5.41) is 4.34. The maximum absolute atomic E-state index is 13.2. The van der Waals surface area contributed by atoms with Gasteiger partial charge in [0.1, 0.15) is 0 Å². The van der Waals surface area contributed by atoms with E-state index in [-0.39, 0.29) is 18.6 Å². The number of carbonyl (C=O) groups excluding carboxylic acids is 2. The summed E-state index contributed by atoms with van der Waals surface area (Å²) in [7, 11) is 0. The summed E-state index contributed by atoms with van der Waals surface area (Å²) in [6.45, 7) is 5.93. The van der Waals surface area contributed by atoms with Crippen LogP contribution >= 0.6 is 11.6 Å². The number of esters is 1. The number of hydrogen-bond acceptors (Lipinski definition) is 4. The van der Waals surface area contributed by atoms with Gasteiger partial charge in [-0.2, -0.15) is 0 Å². The number of fused-ring (bicyclic) bond motifs is 1. The van der Waals surface area contributed by atoms with Crippen molar-refractivity contribution in [2.45, 2.75) is 46.1 Å². The second-order valence-corrected chi connectivity index (χ2v) is 9.44. The number of halogens is 1. The average molecular weight is 465 g/mol. The van der Waals surface area contributed by atoms with E-state index in [0.717, 1.165) is 18.4 Å². The summed E-state index contributed by atoms with van der Waals surface area (Å²) in [6, 6.07) is 14.9. The van der Waals surface area contributed by atoms with Gasteiger partial charge in [-0.1, -0.05) is 68.6 Å². The molecule has 0 spiro atoms. The van der Waals surface area contributed by atoms with Gasteiger partial charge in [-0.15, -0.1) is 0 Å². The molecule has 0 aliphatic heterocycles. The fraction of sp³-hybridized carbons (Fsp3) is 0.370. The molecular formula is C27H29ClN2O3. The second-order valence-electron chi connectivity index (χ2n) is 9.01. The van der Waals surface area contributed by atoms with Gasteiger partial charge in [0.25, 0.3) is 5.91 Å². The van der Waals surface area contributed by atoms with Crippen molar-refractivity contribution in [1.29, 1.82) is 0 Å². The first kappa shape index (κ1) is 23.2. The largest absolute Gasteiger partial charge is 0.452 e. The predicted molar refractivity (Wildman–Crippen MR) is 131 cm³/mol. The number of rotatable bonds is 5. The number of nitrogens with zero attached hydrogens (tertiary/aromatic N) is 1. The van der Waals surface area contributed by atoms with E-state index in [0.29, 0.717) is 44.6 Å². The van der Waals surface area contributed by atoms with Crippen molar-refractivity contribution in [3.8, 4) is 11.3 Å². The van der Waals surface area contributed by atoms with Crippen LogP contribution in [0.2, 0.25) is 5.02 Å². The number of para-hydroxylation sites is 1. The van der Waals surface area contributed by atoms with Gasteiger partial charge in [0, 0.05) is 22.0 Å². The Morgan fingerprint density at radius 3 is 2.70 bits per heavy atom. The van der Waals surface area contributed by atoms with E-state index in [1.807, 2.05) is 49.4 Å². The fourth-order valence-electron chi connectivity index (χ4n) is 4.72. The minimum Gasteiger partial charge on any atom is -0.452 e. The highest BCUT2D eigenvalue weighted by Gasteiger charge is 2.28. The van der Waals surface area contributed by atoms with Crippen molar-refractivity contribution in [3.63, 3.8) is 0 Å². The molecule has 33 heavy (non-hydrogen) atoms. The topological polar surface area (TPSA) is 68.3 Å². The molecule has 1 heterocycles. The Morgan fingerprint density at radius 2 is 1.91 bits per heavy atom. The molecule has 0 unspecified atom stereocenters. The third kappa shape index (κ3) is 5.03. The Labute approximate surface area is 199 Å². The Bertz CT molecular complexity index is 1190. The molecule has 2 aromatic carbocycles. The van der Waals surface area contributed by atoms with Gasteiger partial charge in [0.2, 0.25) is 0 Å². The normalized spacial score (nSPS) is 20.4. The van der Waals surface area contributed by atoms with Crippen LogP contribution in [0.4, 0.5) is 0 Å². The summed E-state index contributed by atoms with van der Waals surface area (Å²) in [4.78, 5) is 30.5. The van der Waals surface area contributed by atoms with Crippen molar-refractivity contribution in [1.82, 2.24) is 10.3 Å². The zero-order valence-electron chi connectivity index (χ0n) is 19.2. The second kappa shape index (κ2) is 9.92. The molecule has 4 rings (SSSR count). The smallest absolute Gasteiger partial charge is 0.339 e. The SMILES string of the molecule is Cc1c(-c2cccc(Cl)c2)nc2ccccc2c1C(=O)OCC(=O)N[C@H]1CCC[C@@H](C)[C@@H]1C. The first-order chi connectivity index (χ1) is 15.8. The van der Waals surface area contributed by atoms with Gasteiger partial charge in [0.15, 0.2) is 6.61 Å². The summed E-state index contributed by atoms with van der Waals surface area (Å²) in [5.74, 6) is 0.183. The monoisotopic (exact) mass is 464 g/mol. The van der Waals surface area contributed by atoms with Crippen molar-refractivity contribution >= 4 is 34.4 Å². The summed E-state index contributed by atoms with van der Waals surface area (Å²) < 4.78 is 5.49. The first-order valence-corrected chi connectivity index (χ1v) is 11.8. The van der Waals surface area contributed by atoms with E-state index < -0.39 is 5.97 Å². The maximum Gasteiger partial charge on any atom is 0.339 e. The average Bonchev–Trinajstić information content (AvgIpc) is 2.80. The van der Waals surface area contributed by atoms with Crippen molar-refractivity contribution in [2.75, 3.05) is 6.61 Å². The molecule has 6 heteroatoms. The molecule has 3 aromatic rings. The van der Waals surface area contributed by atoms with E-state index >= 15 is 0 Å². The summed E-state index contributed by atoms with van der Waals surface area (Å²) >= 11 is 6.19. The van der Waals surface area contributed by atoms with Gasteiger partial charge in [-0.3, -0.25) is 4.79 Å². The molecule has 1 N–H and O–H groups in total. The molecule has 172 valence electrons. The quantitative estimate of drug-likeness (QED) is 0.473. The molecule has 1 aliphatic carbocycles. The van der Waals surface area contributed by atoms with Crippen LogP contribution in [0.3, 0.4) is 0 Å². The number of carbonyl (C=O) groups is 2. The van der Waals surface area contributed by atoms with Crippen LogP contribution < -0.4 is 5.32 Å². The maximum atomic E-state index is 13.2. The van der Waals surface area contributed by atoms with Crippen LogP contribution in [0.5, 0.6) is 0 Å².